The molecule has 4 heteroatoms. The Hall–Kier alpha value is -2.59. The number of benzene rings is 2. The average molecular weight is 376 g/mol. The first-order chi connectivity index (χ1) is 13.5. The first kappa shape index (κ1) is 18.8. The summed E-state index contributed by atoms with van der Waals surface area (Å²) in [5.41, 5.74) is 7.02. The van der Waals surface area contributed by atoms with Crippen molar-refractivity contribution in [3.63, 3.8) is 0 Å². The molecule has 0 saturated carbocycles. The molecule has 1 aliphatic carbocycles. The number of carbonyl (C=O) groups is 1. The van der Waals surface area contributed by atoms with Crippen molar-refractivity contribution in [2.75, 3.05) is 14.1 Å². The minimum absolute atomic E-state index is 0.0157. The van der Waals surface area contributed by atoms with Crippen molar-refractivity contribution in [2.24, 2.45) is 5.92 Å². The molecule has 1 atom stereocenters. The topological polar surface area (TPSA) is 48.1 Å². The fraction of sp³-hybridized carbons (Fsp3) is 0.375. The van der Waals surface area contributed by atoms with Gasteiger partial charge in [-0.05, 0) is 74.2 Å². The number of aromatic amines is 1. The molecule has 1 heterocycles. The Morgan fingerprint density at radius 2 is 1.89 bits per heavy atom. The fourth-order valence-electron chi connectivity index (χ4n) is 4.14. The lowest BCUT2D eigenvalue weighted by molar-refractivity contribution is 0.0951. The van der Waals surface area contributed by atoms with Gasteiger partial charge in [-0.1, -0.05) is 31.2 Å². The number of fused-ring (bicyclic) bond motifs is 3. The van der Waals surface area contributed by atoms with Crippen LogP contribution in [-0.2, 0) is 25.9 Å². The number of amides is 1. The standard InChI is InChI=1S/C24H29N3O/c1-16-4-10-22-20(12-16)21-13-19(9-11-23(21)26-22)24(28)25-14-17-5-7-18(8-6-17)15-27(2)3/h5-9,11,13,16,26H,4,10,12,14-15H2,1-3H3,(H,25,28). The van der Waals surface area contributed by atoms with Gasteiger partial charge >= 0.3 is 0 Å². The van der Waals surface area contributed by atoms with Crippen LogP contribution in [0.2, 0.25) is 0 Å². The van der Waals surface area contributed by atoms with Crippen molar-refractivity contribution in [2.45, 2.75) is 39.3 Å². The van der Waals surface area contributed by atoms with Crippen molar-refractivity contribution in [3.8, 4) is 0 Å². The van der Waals surface area contributed by atoms with E-state index < -0.39 is 0 Å². The zero-order chi connectivity index (χ0) is 19.7. The average Bonchev–Trinajstić information content (AvgIpc) is 3.04. The second kappa shape index (κ2) is 7.80. The molecule has 4 nitrogen and oxygen atoms in total. The van der Waals surface area contributed by atoms with Gasteiger partial charge in [-0.15, -0.1) is 0 Å². The molecule has 1 amide bonds. The van der Waals surface area contributed by atoms with Crippen LogP contribution in [0, 0.1) is 5.92 Å². The molecule has 0 bridgehead atoms. The zero-order valence-corrected chi connectivity index (χ0v) is 17.0. The van der Waals surface area contributed by atoms with E-state index in [1.54, 1.807) is 0 Å². The highest BCUT2D eigenvalue weighted by Crippen LogP contribution is 2.32. The van der Waals surface area contributed by atoms with Gasteiger partial charge in [-0.2, -0.15) is 0 Å². The summed E-state index contributed by atoms with van der Waals surface area (Å²) in [4.78, 5) is 18.4. The molecular weight excluding hydrogens is 346 g/mol. The highest BCUT2D eigenvalue weighted by Gasteiger charge is 2.20. The molecule has 28 heavy (non-hydrogen) atoms. The van der Waals surface area contributed by atoms with E-state index in [0.29, 0.717) is 12.5 Å². The second-order valence-corrected chi connectivity index (χ2v) is 8.43. The molecule has 0 aliphatic heterocycles. The molecule has 2 N–H and O–H groups in total. The number of nitrogens with one attached hydrogen (secondary N) is 2. The second-order valence-electron chi connectivity index (χ2n) is 8.43. The lowest BCUT2D eigenvalue weighted by Crippen LogP contribution is -2.22. The van der Waals surface area contributed by atoms with Gasteiger partial charge in [0.2, 0.25) is 0 Å². The Kier molecular flexibility index (Phi) is 5.23. The summed E-state index contributed by atoms with van der Waals surface area (Å²) < 4.78 is 0. The molecular formula is C24H29N3O. The lowest BCUT2D eigenvalue weighted by Gasteiger charge is -2.18. The minimum atomic E-state index is -0.0157. The number of nitrogens with zero attached hydrogens (tertiary/aromatic N) is 1. The molecule has 4 rings (SSSR count). The number of hydrogen-bond acceptors (Lipinski definition) is 2. The van der Waals surface area contributed by atoms with Crippen LogP contribution in [0.1, 0.15) is 46.1 Å². The molecule has 1 unspecified atom stereocenters. The number of H-pyrrole nitrogens is 1. The van der Waals surface area contributed by atoms with Crippen LogP contribution >= 0.6 is 0 Å². The van der Waals surface area contributed by atoms with E-state index in [1.807, 2.05) is 12.1 Å². The summed E-state index contributed by atoms with van der Waals surface area (Å²) in [5.74, 6) is 0.692. The summed E-state index contributed by atoms with van der Waals surface area (Å²) in [5, 5.41) is 4.27. The van der Waals surface area contributed by atoms with Gasteiger partial charge in [0.15, 0.2) is 0 Å². The van der Waals surface area contributed by atoms with Gasteiger partial charge < -0.3 is 15.2 Å². The monoisotopic (exact) mass is 375 g/mol. The predicted octanol–water partition coefficient (Wildman–Crippen LogP) is 4.28. The van der Waals surface area contributed by atoms with Crippen molar-refractivity contribution < 1.29 is 4.79 Å². The lowest BCUT2D eigenvalue weighted by atomic mass is 9.87. The van der Waals surface area contributed by atoms with Gasteiger partial charge in [-0.3, -0.25) is 4.79 Å². The molecule has 2 aromatic carbocycles. The molecule has 146 valence electrons. The molecule has 0 radical (unpaired) electrons. The van der Waals surface area contributed by atoms with Crippen LogP contribution in [-0.4, -0.2) is 29.9 Å². The minimum Gasteiger partial charge on any atom is -0.358 e. The van der Waals surface area contributed by atoms with E-state index in [-0.39, 0.29) is 5.91 Å². The van der Waals surface area contributed by atoms with E-state index >= 15 is 0 Å². The van der Waals surface area contributed by atoms with E-state index in [2.05, 4.69) is 66.6 Å². The Bertz CT molecular complexity index is 985. The third-order valence-electron chi connectivity index (χ3n) is 5.67. The van der Waals surface area contributed by atoms with Crippen LogP contribution in [0.4, 0.5) is 0 Å². The Balaban J connectivity index is 1.46. The van der Waals surface area contributed by atoms with Gasteiger partial charge in [-0.25, -0.2) is 0 Å². The van der Waals surface area contributed by atoms with Gasteiger partial charge in [0.05, 0.1) is 0 Å². The molecule has 1 aliphatic rings. The normalized spacial score (nSPS) is 16.4. The summed E-state index contributed by atoms with van der Waals surface area (Å²) in [7, 11) is 4.13. The first-order valence-corrected chi connectivity index (χ1v) is 10.1. The van der Waals surface area contributed by atoms with E-state index in [0.717, 1.165) is 36.0 Å². The number of hydrogen-bond donors (Lipinski definition) is 2. The maximum Gasteiger partial charge on any atom is 0.251 e. The molecule has 1 aromatic heterocycles. The van der Waals surface area contributed by atoms with Crippen LogP contribution in [0.5, 0.6) is 0 Å². The molecule has 0 fully saturated rings. The Morgan fingerprint density at radius 1 is 1.14 bits per heavy atom. The highest BCUT2D eigenvalue weighted by molar-refractivity contribution is 5.99. The molecule has 0 spiro atoms. The summed E-state index contributed by atoms with van der Waals surface area (Å²) >= 11 is 0. The van der Waals surface area contributed by atoms with Crippen LogP contribution in [0.25, 0.3) is 10.9 Å². The van der Waals surface area contributed by atoms with E-state index in [4.69, 9.17) is 0 Å². The molecule has 0 saturated heterocycles. The molecule has 3 aromatic rings. The van der Waals surface area contributed by atoms with Crippen LogP contribution < -0.4 is 5.32 Å². The fourth-order valence-corrected chi connectivity index (χ4v) is 4.14. The third kappa shape index (κ3) is 3.97. The maximum absolute atomic E-state index is 12.7. The smallest absolute Gasteiger partial charge is 0.251 e. The third-order valence-corrected chi connectivity index (χ3v) is 5.67. The zero-order valence-electron chi connectivity index (χ0n) is 17.0. The largest absolute Gasteiger partial charge is 0.358 e. The summed E-state index contributed by atoms with van der Waals surface area (Å²) in [6, 6.07) is 14.4. The summed E-state index contributed by atoms with van der Waals surface area (Å²) in [6.07, 6.45) is 3.44. The van der Waals surface area contributed by atoms with Crippen molar-refractivity contribution in [3.05, 3.63) is 70.4 Å². The van der Waals surface area contributed by atoms with Crippen LogP contribution in [0.15, 0.2) is 42.5 Å². The van der Waals surface area contributed by atoms with Gasteiger partial charge in [0, 0.05) is 35.2 Å². The predicted molar refractivity (Wildman–Crippen MR) is 114 cm³/mol. The number of carbonyl (C=O) groups excluding carboxylic acids is 1. The SMILES string of the molecule is CC1CCc2[nH]c3ccc(C(=O)NCc4ccc(CN(C)C)cc4)cc3c2C1. The van der Waals surface area contributed by atoms with Gasteiger partial charge in [0.25, 0.3) is 5.91 Å². The van der Waals surface area contributed by atoms with E-state index in [9.17, 15) is 4.79 Å². The van der Waals surface area contributed by atoms with Crippen LogP contribution in [0.3, 0.4) is 0 Å². The number of rotatable bonds is 5. The van der Waals surface area contributed by atoms with Crippen molar-refractivity contribution >= 4 is 16.8 Å². The summed E-state index contributed by atoms with van der Waals surface area (Å²) in [6.45, 7) is 3.77. The quantitative estimate of drug-likeness (QED) is 0.699. The Morgan fingerprint density at radius 3 is 2.64 bits per heavy atom. The maximum atomic E-state index is 12.7. The van der Waals surface area contributed by atoms with Gasteiger partial charge in [0.1, 0.15) is 0 Å². The highest BCUT2D eigenvalue weighted by atomic mass is 16.1. The number of aryl methyl sites for hydroxylation is 1. The first-order valence-electron chi connectivity index (χ1n) is 10.1. The van der Waals surface area contributed by atoms with Crippen molar-refractivity contribution in [1.29, 1.82) is 0 Å². The van der Waals surface area contributed by atoms with E-state index in [1.165, 1.54) is 28.6 Å². The van der Waals surface area contributed by atoms with Crippen molar-refractivity contribution in [1.82, 2.24) is 15.2 Å². The Labute approximate surface area is 166 Å². The number of aromatic nitrogens is 1.